The summed E-state index contributed by atoms with van der Waals surface area (Å²) in [5, 5.41) is 0.734. The molecule has 1 aliphatic rings. The van der Waals surface area contributed by atoms with Crippen LogP contribution < -0.4 is 4.90 Å². The molecule has 0 unspecified atom stereocenters. The smallest absolute Gasteiger partial charge is 0.248 e. The predicted octanol–water partition coefficient (Wildman–Crippen LogP) is 1.65. The lowest BCUT2D eigenvalue weighted by atomic mass is 10.2. The zero-order valence-corrected chi connectivity index (χ0v) is 13.0. The normalized spacial score (nSPS) is 15.3. The Morgan fingerprint density at radius 2 is 2.00 bits per heavy atom. The molecule has 0 saturated carbocycles. The van der Waals surface area contributed by atoms with Crippen molar-refractivity contribution < 1.29 is 14.3 Å². The number of halogens is 1. The van der Waals surface area contributed by atoms with E-state index >= 15 is 0 Å². The van der Waals surface area contributed by atoms with Gasteiger partial charge in [-0.1, -0.05) is 17.7 Å². The number of piperazine rings is 1. The lowest BCUT2D eigenvalue weighted by Crippen LogP contribution is -2.49. The number of ether oxygens (including phenoxy) is 2. The van der Waals surface area contributed by atoms with Gasteiger partial charge < -0.3 is 19.3 Å². The van der Waals surface area contributed by atoms with Crippen molar-refractivity contribution in [1.29, 1.82) is 0 Å². The van der Waals surface area contributed by atoms with Crippen molar-refractivity contribution in [2.75, 3.05) is 58.0 Å². The number of amides is 1. The number of hydrogen-bond acceptors (Lipinski definition) is 4. The number of carbonyl (C=O) groups is 1. The van der Waals surface area contributed by atoms with E-state index in [4.69, 9.17) is 21.1 Å². The molecule has 0 spiro atoms. The standard InChI is InChI=1S/C15H21ClN2O3/c1-20-9-10-21-12-15(19)18-7-5-17(6-8-18)14-4-2-3-13(16)11-14/h2-4,11H,5-10,12H2,1H3. The van der Waals surface area contributed by atoms with Gasteiger partial charge in [0.1, 0.15) is 6.61 Å². The Balaban J connectivity index is 1.76. The third kappa shape index (κ3) is 4.88. The van der Waals surface area contributed by atoms with E-state index in [9.17, 15) is 4.79 Å². The van der Waals surface area contributed by atoms with Crippen molar-refractivity contribution in [2.45, 2.75) is 0 Å². The predicted molar refractivity (Wildman–Crippen MR) is 82.9 cm³/mol. The third-order valence-electron chi connectivity index (χ3n) is 3.46. The van der Waals surface area contributed by atoms with Gasteiger partial charge in [0.05, 0.1) is 13.2 Å². The molecule has 1 aromatic rings. The van der Waals surface area contributed by atoms with Gasteiger partial charge >= 0.3 is 0 Å². The van der Waals surface area contributed by atoms with Gasteiger partial charge in [-0.3, -0.25) is 4.79 Å². The van der Waals surface area contributed by atoms with Gasteiger partial charge in [0.2, 0.25) is 5.91 Å². The quantitative estimate of drug-likeness (QED) is 0.749. The molecule has 0 N–H and O–H groups in total. The van der Waals surface area contributed by atoms with Gasteiger partial charge in [0, 0.05) is 44.0 Å². The van der Waals surface area contributed by atoms with E-state index in [1.165, 1.54) is 0 Å². The fourth-order valence-corrected chi connectivity index (χ4v) is 2.46. The molecule has 1 aromatic carbocycles. The lowest BCUT2D eigenvalue weighted by Gasteiger charge is -2.36. The van der Waals surface area contributed by atoms with Crippen molar-refractivity contribution in [1.82, 2.24) is 4.90 Å². The molecule has 0 aromatic heterocycles. The molecule has 1 heterocycles. The zero-order chi connectivity index (χ0) is 15.1. The average Bonchev–Trinajstić information content (AvgIpc) is 2.51. The zero-order valence-electron chi connectivity index (χ0n) is 12.3. The molecular weight excluding hydrogens is 292 g/mol. The molecule has 21 heavy (non-hydrogen) atoms. The first-order valence-electron chi connectivity index (χ1n) is 7.05. The second kappa shape index (κ2) is 8.22. The first-order chi connectivity index (χ1) is 10.2. The highest BCUT2D eigenvalue weighted by molar-refractivity contribution is 6.30. The molecule has 0 radical (unpaired) electrons. The Labute approximate surface area is 130 Å². The number of anilines is 1. The molecule has 1 fully saturated rings. The molecule has 116 valence electrons. The minimum Gasteiger partial charge on any atom is -0.382 e. The van der Waals surface area contributed by atoms with E-state index in [0.717, 1.165) is 23.8 Å². The fraction of sp³-hybridized carbons (Fsp3) is 0.533. The Morgan fingerprint density at radius 1 is 1.24 bits per heavy atom. The second-order valence-corrected chi connectivity index (χ2v) is 5.33. The number of carbonyl (C=O) groups excluding carboxylic acids is 1. The molecule has 1 saturated heterocycles. The first-order valence-corrected chi connectivity index (χ1v) is 7.43. The summed E-state index contributed by atoms with van der Waals surface area (Å²) in [5.41, 5.74) is 1.10. The van der Waals surface area contributed by atoms with Crippen LogP contribution in [-0.2, 0) is 14.3 Å². The van der Waals surface area contributed by atoms with Crippen LogP contribution in [0.25, 0.3) is 0 Å². The molecule has 1 aliphatic heterocycles. The molecule has 0 bridgehead atoms. The van der Waals surface area contributed by atoms with Crippen LogP contribution in [0.2, 0.25) is 5.02 Å². The molecule has 2 rings (SSSR count). The van der Waals surface area contributed by atoms with E-state index in [-0.39, 0.29) is 12.5 Å². The monoisotopic (exact) mass is 312 g/mol. The number of methoxy groups -OCH3 is 1. The summed E-state index contributed by atoms with van der Waals surface area (Å²) < 4.78 is 10.1. The summed E-state index contributed by atoms with van der Waals surface area (Å²) in [6, 6.07) is 7.80. The van der Waals surface area contributed by atoms with Gasteiger partial charge in [-0.05, 0) is 18.2 Å². The van der Waals surface area contributed by atoms with Crippen LogP contribution in [0, 0.1) is 0 Å². The minimum atomic E-state index is 0.0387. The van der Waals surface area contributed by atoms with E-state index in [1.54, 1.807) is 7.11 Å². The van der Waals surface area contributed by atoms with Crippen LogP contribution in [0.4, 0.5) is 5.69 Å². The van der Waals surface area contributed by atoms with Crippen molar-refractivity contribution in [3.05, 3.63) is 29.3 Å². The summed E-state index contributed by atoms with van der Waals surface area (Å²) in [4.78, 5) is 16.1. The molecule has 5 nitrogen and oxygen atoms in total. The summed E-state index contributed by atoms with van der Waals surface area (Å²) in [6.07, 6.45) is 0. The molecular formula is C15H21ClN2O3. The summed E-state index contributed by atoms with van der Waals surface area (Å²) in [5.74, 6) is 0.0387. The minimum absolute atomic E-state index is 0.0387. The van der Waals surface area contributed by atoms with E-state index < -0.39 is 0 Å². The lowest BCUT2D eigenvalue weighted by molar-refractivity contribution is -0.136. The highest BCUT2D eigenvalue weighted by Crippen LogP contribution is 2.20. The van der Waals surface area contributed by atoms with Gasteiger partial charge in [0.25, 0.3) is 0 Å². The van der Waals surface area contributed by atoms with Crippen LogP contribution in [0.3, 0.4) is 0 Å². The fourth-order valence-electron chi connectivity index (χ4n) is 2.28. The number of hydrogen-bond donors (Lipinski definition) is 0. The van der Waals surface area contributed by atoms with Gasteiger partial charge in [0.15, 0.2) is 0 Å². The van der Waals surface area contributed by atoms with Crippen LogP contribution in [0.15, 0.2) is 24.3 Å². The van der Waals surface area contributed by atoms with Crippen LogP contribution >= 0.6 is 11.6 Å². The van der Waals surface area contributed by atoms with Crippen LogP contribution in [0.5, 0.6) is 0 Å². The number of rotatable bonds is 6. The van der Waals surface area contributed by atoms with Crippen molar-refractivity contribution in [3.8, 4) is 0 Å². The highest BCUT2D eigenvalue weighted by atomic mass is 35.5. The second-order valence-electron chi connectivity index (χ2n) is 4.89. The van der Waals surface area contributed by atoms with Gasteiger partial charge in [-0.15, -0.1) is 0 Å². The first kappa shape index (κ1) is 16.1. The van der Waals surface area contributed by atoms with E-state index in [1.807, 2.05) is 29.2 Å². The average molecular weight is 313 g/mol. The topological polar surface area (TPSA) is 42.0 Å². The summed E-state index contributed by atoms with van der Waals surface area (Å²) in [7, 11) is 1.61. The van der Waals surface area contributed by atoms with E-state index in [2.05, 4.69) is 4.90 Å². The Kier molecular flexibility index (Phi) is 6.29. The maximum atomic E-state index is 12.0. The van der Waals surface area contributed by atoms with Crippen LogP contribution in [-0.4, -0.2) is 63.9 Å². The van der Waals surface area contributed by atoms with Gasteiger partial charge in [-0.2, -0.15) is 0 Å². The maximum absolute atomic E-state index is 12.0. The molecule has 0 atom stereocenters. The summed E-state index contributed by atoms with van der Waals surface area (Å²) in [6.45, 7) is 4.12. The van der Waals surface area contributed by atoms with Gasteiger partial charge in [-0.25, -0.2) is 0 Å². The molecule has 0 aliphatic carbocycles. The SMILES string of the molecule is COCCOCC(=O)N1CCN(c2cccc(Cl)c2)CC1. The summed E-state index contributed by atoms with van der Waals surface area (Å²) >= 11 is 6.01. The number of benzene rings is 1. The Hall–Kier alpha value is -1.30. The number of nitrogens with zero attached hydrogens (tertiary/aromatic N) is 2. The Morgan fingerprint density at radius 3 is 2.67 bits per heavy atom. The molecule has 1 amide bonds. The van der Waals surface area contributed by atoms with Crippen molar-refractivity contribution in [2.24, 2.45) is 0 Å². The van der Waals surface area contributed by atoms with Crippen molar-refractivity contribution >= 4 is 23.2 Å². The highest BCUT2D eigenvalue weighted by Gasteiger charge is 2.21. The third-order valence-corrected chi connectivity index (χ3v) is 3.70. The van der Waals surface area contributed by atoms with E-state index in [0.29, 0.717) is 26.3 Å². The molecule has 6 heteroatoms. The largest absolute Gasteiger partial charge is 0.382 e. The maximum Gasteiger partial charge on any atom is 0.248 e. The van der Waals surface area contributed by atoms with Crippen LogP contribution in [0.1, 0.15) is 0 Å². The Bertz CT molecular complexity index is 462. The van der Waals surface area contributed by atoms with Crippen molar-refractivity contribution in [3.63, 3.8) is 0 Å².